The first kappa shape index (κ1) is 9.92. The monoisotopic (exact) mass is 228 g/mol. The fourth-order valence-corrected chi connectivity index (χ4v) is 2.75. The number of rotatable bonds is 2. The van der Waals surface area contributed by atoms with Crippen LogP contribution < -0.4 is 0 Å². The fraction of sp³-hybridized carbons (Fsp3) is 0.200. The van der Waals surface area contributed by atoms with Crippen molar-refractivity contribution in [3.63, 3.8) is 0 Å². The van der Waals surface area contributed by atoms with Gasteiger partial charge in [-0.15, -0.1) is 11.6 Å². The lowest BCUT2D eigenvalue weighted by Gasteiger charge is -2.09. The van der Waals surface area contributed by atoms with Gasteiger partial charge >= 0.3 is 0 Å². The average Bonchev–Trinajstić information content (AvgIpc) is 3.06. The number of halogens is 1. The van der Waals surface area contributed by atoms with Crippen LogP contribution in [0.1, 0.15) is 23.5 Å². The predicted octanol–water partition coefficient (Wildman–Crippen LogP) is 4.31. The molecular weight excluding hydrogens is 216 g/mol. The number of alkyl halides is 1. The average molecular weight is 229 g/mol. The lowest BCUT2D eigenvalue weighted by atomic mass is 10.0. The fourth-order valence-electron chi connectivity index (χ4n) is 2.34. The molecule has 1 fully saturated rings. The molecule has 2 aromatic carbocycles. The molecule has 0 nitrogen and oxygen atoms in total. The molecule has 0 saturated heterocycles. The third-order valence-electron chi connectivity index (χ3n) is 3.35. The van der Waals surface area contributed by atoms with Gasteiger partial charge in [0.15, 0.2) is 0 Å². The van der Waals surface area contributed by atoms with Crippen LogP contribution in [0.15, 0.2) is 60.7 Å². The molecule has 1 aliphatic carbocycles. The minimum atomic E-state index is -0.164. The van der Waals surface area contributed by atoms with Gasteiger partial charge in [-0.3, -0.25) is 0 Å². The Bertz CT molecular complexity index is 477. The molecule has 0 N–H and O–H groups in total. The first-order valence-electron chi connectivity index (χ1n) is 5.60. The van der Waals surface area contributed by atoms with Crippen LogP contribution >= 0.6 is 11.6 Å². The zero-order valence-electron chi connectivity index (χ0n) is 8.94. The van der Waals surface area contributed by atoms with Crippen molar-refractivity contribution in [1.29, 1.82) is 0 Å². The molecule has 3 rings (SSSR count). The summed E-state index contributed by atoms with van der Waals surface area (Å²) in [6.45, 7) is 0. The van der Waals surface area contributed by atoms with E-state index < -0.39 is 0 Å². The minimum absolute atomic E-state index is 0.164. The summed E-state index contributed by atoms with van der Waals surface area (Å²) in [5.74, 6) is 0.470. The van der Waals surface area contributed by atoms with E-state index in [0.717, 1.165) is 6.42 Å². The van der Waals surface area contributed by atoms with E-state index in [2.05, 4.69) is 48.5 Å². The normalized spacial score (nSPS) is 27.7. The van der Waals surface area contributed by atoms with Gasteiger partial charge in [-0.2, -0.15) is 0 Å². The third-order valence-corrected chi connectivity index (χ3v) is 3.98. The van der Waals surface area contributed by atoms with Crippen molar-refractivity contribution < 1.29 is 0 Å². The smallest absolute Gasteiger partial charge is 0.0770 e. The predicted molar refractivity (Wildman–Crippen MR) is 67.8 cm³/mol. The van der Waals surface area contributed by atoms with Crippen molar-refractivity contribution in [2.45, 2.75) is 17.2 Å². The molecule has 0 aromatic heterocycles. The van der Waals surface area contributed by atoms with Gasteiger partial charge < -0.3 is 0 Å². The van der Waals surface area contributed by atoms with Crippen molar-refractivity contribution in [3.8, 4) is 0 Å². The standard InChI is InChI=1S/C15H13Cl/c16-15(13-9-5-2-6-10-13)11-14(15)12-7-3-1-4-8-12/h1-10,14H,11H2/t14-,15-/m0/s1. The lowest BCUT2D eigenvalue weighted by molar-refractivity contribution is 0.942. The van der Waals surface area contributed by atoms with Crippen LogP contribution in [0.4, 0.5) is 0 Å². The Labute approximate surface area is 101 Å². The van der Waals surface area contributed by atoms with E-state index >= 15 is 0 Å². The van der Waals surface area contributed by atoms with Crippen LogP contribution in [0.2, 0.25) is 0 Å². The van der Waals surface area contributed by atoms with E-state index in [4.69, 9.17) is 11.6 Å². The van der Waals surface area contributed by atoms with Gasteiger partial charge in [-0.25, -0.2) is 0 Å². The Morgan fingerprint density at radius 1 is 0.875 bits per heavy atom. The van der Waals surface area contributed by atoms with Gasteiger partial charge in [0.2, 0.25) is 0 Å². The Balaban J connectivity index is 1.90. The molecule has 1 aliphatic rings. The molecule has 0 aliphatic heterocycles. The molecule has 2 atom stereocenters. The van der Waals surface area contributed by atoms with Crippen molar-refractivity contribution >= 4 is 11.6 Å². The molecule has 0 spiro atoms. The van der Waals surface area contributed by atoms with E-state index in [1.807, 2.05) is 12.1 Å². The zero-order chi connectivity index (χ0) is 11.0. The third kappa shape index (κ3) is 1.54. The van der Waals surface area contributed by atoms with Crippen molar-refractivity contribution in [1.82, 2.24) is 0 Å². The molecule has 2 aromatic rings. The minimum Gasteiger partial charge on any atom is -0.113 e. The van der Waals surface area contributed by atoms with Crippen molar-refractivity contribution in [2.24, 2.45) is 0 Å². The molecule has 0 bridgehead atoms. The Hall–Kier alpha value is -1.27. The van der Waals surface area contributed by atoms with Crippen LogP contribution in [0.25, 0.3) is 0 Å². The Morgan fingerprint density at radius 3 is 2.06 bits per heavy atom. The molecule has 1 heteroatoms. The largest absolute Gasteiger partial charge is 0.113 e. The van der Waals surface area contributed by atoms with Gasteiger partial charge in [-0.1, -0.05) is 60.7 Å². The number of benzene rings is 2. The zero-order valence-corrected chi connectivity index (χ0v) is 9.69. The van der Waals surface area contributed by atoms with Crippen molar-refractivity contribution in [2.75, 3.05) is 0 Å². The van der Waals surface area contributed by atoms with Crippen LogP contribution in [-0.4, -0.2) is 0 Å². The van der Waals surface area contributed by atoms with Crippen LogP contribution in [0.5, 0.6) is 0 Å². The Morgan fingerprint density at radius 2 is 1.44 bits per heavy atom. The SMILES string of the molecule is Cl[C@]1(c2ccccc2)C[C@H]1c1ccccc1. The maximum Gasteiger partial charge on any atom is 0.0770 e. The topological polar surface area (TPSA) is 0 Å². The maximum atomic E-state index is 6.67. The highest BCUT2D eigenvalue weighted by Crippen LogP contribution is 2.63. The lowest BCUT2D eigenvalue weighted by Crippen LogP contribution is -1.99. The second-order valence-corrected chi connectivity index (χ2v) is 5.07. The van der Waals surface area contributed by atoms with Gasteiger partial charge in [0.25, 0.3) is 0 Å². The summed E-state index contributed by atoms with van der Waals surface area (Å²) in [5, 5.41) is 0. The second-order valence-electron chi connectivity index (χ2n) is 4.40. The van der Waals surface area contributed by atoms with Gasteiger partial charge in [0.05, 0.1) is 4.87 Å². The van der Waals surface area contributed by atoms with E-state index in [9.17, 15) is 0 Å². The second kappa shape index (κ2) is 3.64. The Kier molecular flexibility index (Phi) is 2.26. The molecule has 0 amide bonds. The van der Waals surface area contributed by atoms with Crippen molar-refractivity contribution in [3.05, 3.63) is 71.8 Å². The van der Waals surface area contributed by atoms with Crippen LogP contribution in [-0.2, 0) is 4.87 Å². The summed E-state index contributed by atoms with van der Waals surface area (Å²) in [6, 6.07) is 20.9. The first-order valence-corrected chi connectivity index (χ1v) is 5.98. The van der Waals surface area contributed by atoms with Gasteiger partial charge in [-0.05, 0) is 17.5 Å². The summed E-state index contributed by atoms with van der Waals surface area (Å²) in [7, 11) is 0. The highest BCUT2D eigenvalue weighted by Gasteiger charge is 2.54. The quantitative estimate of drug-likeness (QED) is 0.672. The number of hydrogen-bond acceptors (Lipinski definition) is 0. The summed E-state index contributed by atoms with van der Waals surface area (Å²) in [5.41, 5.74) is 2.59. The van der Waals surface area contributed by atoms with Crippen LogP contribution in [0, 0.1) is 0 Å². The highest BCUT2D eigenvalue weighted by atomic mass is 35.5. The summed E-state index contributed by atoms with van der Waals surface area (Å²) in [4.78, 5) is -0.164. The molecule has 0 unspecified atom stereocenters. The van der Waals surface area contributed by atoms with Gasteiger partial charge in [0, 0.05) is 5.92 Å². The molecule has 16 heavy (non-hydrogen) atoms. The van der Waals surface area contributed by atoms with Crippen LogP contribution in [0.3, 0.4) is 0 Å². The first-order chi connectivity index (χ1) is 7.81. The van der Waals surface area contributed by atoms with E-state index in [1.54, 1.807) is 0 Å². The molecule has 0 radical (unpaired) electrons. The van der Waals surface area contributed by atoms with E-state index in [-0.39, 0.29) is 4.87 Å². The van der Waals surface area contributed by atoms with Gasteiger partial charge in [0.1, 0.15) is 0 Å². The molecular formula is C15H13Cl. The highest BCUT2D eigenvalue weighted by molar-refractivity contribution is 6.27. The maximum absolute atomic E-state index is 6.67. The summed E-state index contributed by atoms with van der Waals surface area (Å²) in [6.07, 6.45) is 1.04. The summed E-state index contributed by atoms with van der Waals surface area (Å²) < 4.78 is 0. The van der Waals surface area contributed by atoms with E-state index in [0.29, 0.717) is 5.92 Å². The molecule has 1 saturated carbocycles. The summed E-state index contributed by atoms with van der Waals surface area (Å²) >= 11 is 6.67. The molecule has 0 heterocycles. The number of hydrogen-bond donors (Lipinski definition) is 0. The molecule has 80 valence electrons. The van der Waals surface area contributed by atoms with E-state index in [1.165, 1.54) is 11.1 Å².